The van der Waals surface area contributed by atoms with E-state index < -0.39 is 5.60 Å². The standard InChI is InChI=1S/C19H28N2O2/c1-19(2,3)23-18(22)20-16-13-21(17-11-7-10-15(16)17)12-14-8-5-4-6-9-14/h4-6,8-9,15-17H,7,10-13H2,1-3H3,(H,20,22)/t15-,16+,17-/m1/s1. The summed E-state index contributed by atoms with van der Waals surface area (Å²) in [5.74, 6) is 0.561. The third-order valence-electron chi connectivity index (χ3n) is 4.88. The smallest absolute Gasteiger partial charge is 0.407 e. The number of nitrogens with zero attached hydrogens (tertiary/aromatic N) is 1. The maximum atomic E-state index is 12.1. The van der Waals surface area contributed by atoms with E-state index in [0.29, 0.717) is 12.0 Å². The van der Waals surface area contributed by atoms with Gasteiger partial charge < -0.3 is 10.1 Å². The Morgan fingerprint density at radius 3 is 2.70 bits per heavy atom. The number of carbonyl (C=O) groups excluding carboxylic acids is 1. The van der Waals surface area contributed by atoms with Crippen LogP contribution in [-0.4, -0.2) is 35.2 Å². The van der Waals surface area contributed by atoms with E-state index in [9.17, 15) is 4.79 Å². The van der Waals surface area contributed by atoms with Gasteiger partial charge in [-0.05, 0) is 45.1 Å². The van der Waals surface area contributed by atoms with Crippen molar-refractivity contribution >= 4 is 6.09 Å². The first-order valence-corrected chi connectivity index (χ1v) is 8.70. The van der Waals surface area contributed by atoms with Gasteiger partial charge in [0.05, 0.1) is 0 Å². The molecule has 1 heterocycles. The van der Waals surface area contributed by atoms with Gasteiger partial charge in [-0.25, -0.2) is 4.79 Å². The number of hydrogen-bond acceptors (Lipinski definition) is 3. The Hall–Kier alpha value is -1.55. The molecule has 3 atom stereocenters. The van der Waals surface area contributed by atoms with Crippen molar-refractivity contribution in [3.63, 3.8) is 0 Å². The first kappa shape index (κ1) is 16.3. The molecule has 4 nitrogen and oxygen atoms in total. The summed E-state index contributed by atoms with van der Waals surface area (Å²) in [7, 11) is 0. The Morgan fingerprint density at radius 2 is 2.00 bits per heavy atom. The Morgan fingerprint density at radius 1 is 1.26 bits per heavy atom. The molecule has 0 radical (unpaired) electrons. The number of rotatable bonds is 3. The topological polar surface area (TPSA) is 41.6 Å². The summed E-state index contributed by atoms with van der Waals surface area (Å²) in [5, 5.41) is 3.12. The van der Waals surface area contributed by atoms with Gasteiger partial charge in [0.2, 0.25) is 0 Å². The number of hydrogen-bond donors (Lipinski definition) is 1. The zero-order chi connectivity index (χ0) is 16.4. The normalized spacial score (nSPS) is 27.7. The second-order valence-electron chi connectivity index (χ2n) is 7.83. The molecular formula is C19H28N2O2. The van der Waals surface area contributed by atoms with Crippen LogP contribution in [0.2, 0.25) is 0 Å². The predicted octanol–water partition coefficient (Wildman–Crippen LogP) is 3.56. The number of benzene rings is 1. The molecule has 3 rings (SSSR count). The average Bonchev–Trinajstić information content (AvgIpc) is 3.03. The van der Waals surface area contributed by atoms with Gasteiger partial charge in [0.1, 0.15) is 5.60 Å². The van der Waals surface area contributed by atoms with E-state index in [1.807, 2.05) is 20.8 Å². The van der Waals surface area contributed by atoms with Gasteiger partial charge in [-0.2, -0.15) is 0 Å². The minimum atomic E-state index is -0.443. The highest BCUT2D eigenvalue weighted by molar-refractivity contribution is 5.68. The predicted molar refractivity (Wildman–Crippen MR) is 91.1 cm³/mol. The van der Waals surface area contributed by atoms with Gasteiger partial charge >= 0.3 is 6.09 Å². The fraction of sp³-hybridized carbons (Fsp3) is 0.632. The van der Waals surface area contributed by atoms with Crippen molar-refractivity contribution in [1.82, 2.24) is 10.2 Å². The van der Waals surface area contributed by atoms with Crippen LogP contribution in [-0.2, 0) is 11.3 Å². The summed E-state index contributed by atoms with van der Waals surface area (Å²) in [6.45, 7) is 7.60. The number of carbonyl (C=O) groups is 1. The van der Waals surface area contributed by atoms with E-state index in [2.05, 4.69) is 40.5 Å². The van der Waals surface area contributed by atoms with E-state index in [4.69, 9.17) is 4.74 Å². The molecule has 1 saturated heterocycles. The van der Waals surface area contributed by atoms with Crippen LogP contribution in [0.4, 0.5) is 4.79 Å². The third-order valence-corrected chi connectivity index (χ3v) is 4.88. The number of alkyl carbamates (subject to hydrolysis) is 1. The van der Waals surface area contributed by atoms with Gasteiger partial charge in [-0.15, -0.1) is 0 Å². The molecule has 1 saturated carbocycles. The lowest BCUT2D eigenvalue weighted by Gasteiger charge is -2.23. The zero-order valence-corrected chi connectivity index (χ0v) is 14.4. The molecule has 126 valence electrons. The molecule has 1 aliphatic carbocycles. The summed E-state index contributed by atoms with van der Waals surface area (Å²) in [4.78, 5) is 14.7. The van der Waals surface area contributed by atoms with E-state index in [1.54, 1.807) is 0 Å². The van der Waals surface area contributed by atoms with Crippen LogP contribution in [0, 0.1) is 5.92 Å². The molecule has 2 aliphatic rings. The molecule has 1 aliphatic heterocycles. The fourth-order valence-corrected chi connectivity index (χ4v) is 4.03. The summed E-state index contributed by atoms with van der Waals surface area (Å²) < 4.78 is 5.43. The van der Waals surface area contributed by atoms with Crippen molar-refractivity contribution in [2.75, 3.05) is 6.54 Å². The van der Waals surface area contributed by atoms with Crippen molar-refractivity contribution in [2.24, 2.45) is 5.92 Å². The molecule has 4 heteroatoms. The molecule has 1 aromatic rings. The quantitative estimate of drug-likeness (QED) is 0.927. The lowest BCUT2D eigenvalue weighted by molar-refractivity contribution is 0.0495. The van der Waals surface area contributed by atoms with Crippen LogP contribution in [0.3, 0.4) is 0 Å². The number of fused-ring (bicyclic) bond motifs is 1. The SMILES string of the molecule is CC(C)(C)OC(=O)N[C@H]1CN(Cc2ccccc2)[C@@H]2CCC[C@H]12. The molecule has 0 unspecified atom stereocenters. The highest BCUT2D eigenvalue weighted by Gasteiger charge is 2.45. The molecule has 23 heavy (non-hydrogen) atoms. The highest BCUT2D eigenvalue weighted by Crippen LogP contribution is 2.38. The maximum Gasteiger partial charge on any atom is 0.407 e. The Bertz CT molecular complexity index is 538. The van der Waals surface area contributed by atoms with Gasteiger partial charge in [0, 0.05) is 25.2 Å². The van der Waals surface area contributed by atoms with Crippen molar-refractivity contribution in [1.29, 1.82) is 0 Å². The Labute approximate surface area is 139 Å². The van der Waals surface area contributed by atoms with Gasteiger partial charge in [-0.1, -0.05) is 36.8 Å². The number of amides is 1. The van der Waals surface area contributed by atoms with E-state index in [1.165, 1.54) is 24.8 Å². The molecule has 1 aromatic carbocycles. The molecule has 1 N–H and O–H groups in total. The molecule has 0 spiro atoms. The first-order valence-electron chi connectivity index (χ1n) is 8.70. The molecular weight excluding hydrogens is 288 g/mol. The van der Waals surface area contributed by atoms with Gasteiger partial charge in [0.15, 0.2) is 0 Å². The summed E-state index contributed by atoms with van der Waals surface area (Å²) >= 11 is 0. The minimum Gasteiger partial charge on any atom is -0.444 e. The van der Waals surface area contributed by atoms with Crippen LogP contribution in [0.15, 0.2) is 30.3 Å². The summed E-state index contributed by atoms with van der Waals surface area (Å²) in [5.41, 5.74) is 0.901. The van der Waals surface area contributed by atoms with E-state index >= 15 is 0 Å². The second-order valence-corrected chi connectivity index (χ2v) is 7.83. The second kappa shape index (κ2) is 6.52. The lowest BCUT2D eigenvalue weighted by Crippen LogP contribution is -2.43. The first-order chi connectivity index (χ1) is 10.9. The number of ether oxygens (including phenoxy) is 1. The van der Waals surface area contributed by atoms with Crippen molar-refractivity contribution in [3.8, 4) is 0 Å². The van der Waals surface area contributed by atoms with Crippen LogP contribution in [0.1, 0.15) is 45.6 Å². The largest absolute Gasteiger partial charge is 0.444 e. The average molecular weight is 316 g/mol. The number of nitrogens with one attached hydrogen (secondary N) is 1. The van der Waals surface area contributed by atoms with Crippen molar-refractivity contribution < 1.29 is 9.53 Å². The Balaban J connectivity index is 1.63. The highest BCUT2D eigenvalue weighted by atomic mass is 16.6. The number of likely N-dealkylation sites (tertiary alicyclic amines) is 1. The van der Waals surface area contributed by atoms with E-state index in [-0.39, 0.29) is 12.1 Å². The minimum absolute atomic E-state index is 0.209. The summed E-state index contributed by atoms with van der Waals surface area (Å²) in [6.07, 6.45) is 3.42. The molecule has 1 amide bonds. The van der Waals surface area contributed by atoms with Gasteiger partial charge in [0.25, 0.3) is 0 Å². The van der Waals surface area contributed by atoms with Crippen LogP contribution < -0.4 is 5.32 Å². The molecule has 2 fully saturated rings. The monoisotopic (exact) mass is 316 g/mol. The van der Waals surface area contributed by atoms with Gasteiger partial charge in [-0.3, -0.25) is 4.90 Å². The summed E-state index contributed by atoms with van der Waals surface area (Å²) in [6, 6.07) is 11.4. The fourth-order valence-electron chi connectivity index (χ4n) is 4.03. The third kappa shape index (κ3) is 4.05. The van der Waals surface area contributed by atoms with Crippen molar-refractivity contribution in [3.05, 3.63) is 35.9 Å². The van der Waals surface area contributed by atoms with Crippen molar-refractivity contribution in [2.45, 2.75) is 64.3 Å². The van der Waals surface area contributed by atoms with Crippen LogP contribution >= 0.6 is 0 Å². The maximum absolute atomic E-state index is 12.1. The lowest BCUT2D eigenvalue weighted by atomic mass is 9.99. The molecule has 0 aromatic heterocycles. The Kier molecular flexibility index (Phi) is 4.62. The zero-order valence-electron chi connectivity index (χ0n) is 14.4. The molecule has 0 bridgehead atoms. The van der Waals surface area contributed by atoms with Crippen LogP contribution in [0.25, 0.3) is 0 Å². The van der Waals surface area contributed by atoms with E-state index in [0.717, 1.165) is 13.1 Å². The van der Waals surface area contributed by atoms with Crippen LogP contribution in [0.5, 0.6) is 0 Å².